The number of morpholine rings is 1. The average molecular weight is 487 g/mol. The highest BCUT2D eigenvalue weighted by Crippen LogP contribution is 2.19. The molecule has 1 fully saturated rings. The summed E-state index contributed by atoms with van der Waals surface area (Å²) >= 11 is 0. The van der Waals surface area contributed by atoms with Gasteiger partial charge in [0.05, 0.1) is 34.4 Å². The van der Waals surface area contributed by atoms with Gasteiger partial charge in [-0.15, -0.1) is 5.10 Å². The minimum atomic E-state index is -3.59. The van der Waals surface area contributed by atoms with Crippen molar-refractivity contribution in [3.63, 3.8) is 0 Å². The SMILES string of the molecule is Cc1c(C(=O)NCc2ccc(S(=O)(=O)N3CCOCC3)cc2)nnn1-c1cccc([N+](=O)[O-])c1. The summed E-state index contributed by atoms with van der Waals surface area (Å²) in [6, 6.07) is 12.2. The summed E-state index contributed by atoms with van der Waals surface area (Å²) in [5.74, 6) is -0.473. The normalized spacial score (nSPS) is 14.6. The number of benzene rings is 2. The van der Waals surface area contributed by atoms with E-state index in [0.29, 0.717) is 43.2 Å². The van der Waals surface area contributed by atoms with Crippen molar-refractivity contribution in [1.82, 2.24) is 24.6 Å². The van der Waals surface area contributed by atoms with Crippen LogP contribution in [0.15, 0.2) is 53.4 Å². The highest BCUT2D eigenvalue weighted by molar-refractivity contribution is 7.89. The number of carbonyl (C=O) groups is 1. The van der Waals surface area contributed by atoms with Crippen LogP contribution in [0, 0.1) is 17.0 Å². The van der Waals surface area contributed by atoms with Gasteiger partial charge in [-0.3, -0.25) is 14.9 Å². The van der Waals surface area contributed by atoms with Gasteiger partial charge in [-0.1, -0.05) is 23.4 Å². The van der Waals surface area contributed by atoms with Gasteiger partial charge in [0, 0.05) is 31.8 Å². The molecule has 0 radical (unpaired) electrons. The van der Waals surface area contributed by atoms with E-state index in [4.69, 9.17) is 4.74 Å². The largest absolute Gasteiger partial charge is 0.379 e. The molecule has 1 amide bonds. The zero-order valence-electron chi connectivity index (χ0n) is 18.2. The molecule has 0 saturated carbocycles. The standard InChI is InChI=1S/C21H22N6O6S/c1-15-20(23-24-26(15)17-3-2-4-18(13-17)27(29)30)21(28)22-14-16-5-7-19(8-6-16)34(31,32)25-9-11-33-12-10-25/h2-8,13H,9-12,14H2,1H3,(H,22,28). The number of nitrogens with zero attached hydrogens (tertiary/aromatic N) is 5. The molecule has 4 rings (SSSR count). The van der Waals surface area contributed by atoms with Crippen molar-refractivity contribution < 1.29 is 22.9 Å². The number of ether oxygens (including phenoxy) is 1. The van der Waals surface area contributed by atoms with E-state index in [2.05, 4.69) is 15.6 Å². The van der Waals surface area contributed by atoms with Crippen molar-refractivity contribution in [3.8, 4) is 5.69 Å². The Kier molecular flexibility index (Phi) is 6.68. The molecular weight excluding hydrogens is 464 g/mol. The van der Waals surface area contributed by atoms with Gasteiger partial charge in [0.1, 0.15) is 0 Å². The van der Waals surface area contributed by atoms with Crippen LogP contribution >= 0.6 is 0 Å². The van der Waals surface area contributed by atoms with E-state index in [1.54, 1.807) is 25.1 Å². The van der Waals surface area contributed by atoms with Crippen LogP contribution in [0.5, 0.6) is 0 Å². The molecule has 0 spiro atoms. The Morgan fingerprint density at radius 1 is 1.18 bits per heavy atom. The van der Waals surface area contributed by atoms with E-state index in [1.807, 2.05) is 0 Å². The average Bonchev–Trinajstić information content (AvgIpc) is 3.24. The third-order valence-corrected chi connectivity index (χ3v) is 7.29. The van der Waals surface area contributed by atoms with Crippen molar-refractivity contribution in [3.05, 3.63) is 75.6 Å². The third-order valence-electron chi connectivity index (χ3n) is 5.38. The molecule has 1 saturated heterocycles. The quantitative estimate of drug-likeness (QED) is 0.389. The summed E-state index contributed by atoms with van der Waals surface area (Å²) in [5, 5.41) is 21.6. The summed E-state index contributed by atoms with van der Waals surface area (Å²) in [5.41, 5.74) is 1.52. The summed E-state index contributed by atoms with van der Waals surface area (Å²) in [6.45, 7) is 3.16. The van der Waals surface area contributed by atoms with E-state index >= 15 is 0 Å². The number of nitro groups is 1. The van der Waals surface area contributed by atoms with E-state index in [1.165, 1.54) is 39.3 Å². The fraction of sp³-hybridized carbons (Fsp3) is 0.286. The van der Waals surface area contributed by atoms with Gasteiger partial charge < -0.3 is 10.1 Å². The highest BCUT2D eigenvalue weighted by atomic mass is 32.2. The molecule has 13 heteroatoms. The second-order valence-electron chi connectivity index (χ2n) is 7.56. The maximum absolute atomic E-state index is 12.7. The van der Waals surface area contributed by atoms with Gasteiger partial charge in [0.25, 0.3) is 11.6 Å². The molecule has 3 aromatic rings. The van der Waals surface area contributed by atoms with Crippen molar-refractivity contribution in [2.75, 3.05) is 26.3 Å². The Morgan fingerprint density at radius 3 is 2.56 bits per heavy atom. The van der Waals surface area contributed by atoms with Gasteiger partial charge in [-0.2, -0.15) is 4.31 Å². The molecular formula is C21H22N6O6S. The first kappa shape index (κ1) is 23.5. The number of carbonyl (C=O) groups excluding carboxylic acids is 1. The molecule has 0 aliphatic carbocycles. The van der Waals surface area contributed by atoms with Crippen molar-refractivity contribution >= 4 is 21.6 Å². The molecule has 0 bridgehead atoms. The summed E-state index contributed by atoms with van der Waals surface area (Å²) in [4.78, 5) is 23.3. The third kappa shape index (κ3) is 4.81. The van der Waals surface area contributed by atoms with Crippen LogP contribution in [-0.2, 0) is 21.3 Å². The molecule has 0 unspecified atom stereocenters. The number of nitrogens with one attached hydrogen (secondary N) is 1. The van der Waals surface area contributed by atoms with E-state index < -0.39 is 20.9 Å². The van der Waals surface area contributed by atoms with Crippen molar-refractivity contribution in [2.45, 2.75) is 18.4 Å². The molecule has 1 aliphatic heterocycles. The van der Waals surface area contributed by atoms with Crippen LogP contribution in [-0.4, -0.2) is 64.9 Å². The first-order valence-electron chi connectivity index (χ1n) is 10.4. The summed E-state index contributed by atoms with van der Waals surface area (Å²) in [7, 11) is -3.59. The Bertz CT molecular complexity index is 1320. The Labute approximate surface area is 195 Å². The molecule has 1 aromatic heterocycles. The molecule has 1 N–H and O–H groups in total. The van der Waals surface area contributed by atoms with E-state index in [9.17, 15) is 23.3 Å². The number of sulfonamides is 1. The number of nitro benzene ring substituents is 1. The Hall–Kier alpha value is -3.68. The van der Waals surface area contributed by atoms with Crippen LogP contribution in [0.1, 0.15) is 21.7 Å². The summed E-state index contributed by atoms with van der Waals surface area (Å²) in [6.07, 6.45) is 0. The van der Waals surface area contributed by atoms with Gasteiger partial charge >= 0.3 is 0 Å². The maximum Gasteiger partial charge on any atom is 0.274 e. The van der Waals surface area contributed by atoms with Crippen LogP contribution in [0.4, 0.5) is 5.69 Å². The zero-order valence-corrected chi connectivity index (χ0v) is 19.1. The predicted octanol–water partition coefficient (Wildman–Crippen LogP) is 1.43. The lowest BCUT2D eigenvalue weighted by Gasteiger charge is -2.26. The minimum Gasteiger partial charge on any atom is -0.379 e. The Morgan fingerprint density at radius 2 is 1.88 bits per heavy atom. The second-order valence-corrected chi connectivity index (χ2v) is 9.49. The number of rotatable bonds is 7. The number of hydrogen-bond acceptors (Lipinski definition) is 8. The fourth-order valence-electron chi connectivity index (χ4n) is 3.50. The molecule has 34 heavy (non-hydrogen) atoms. The van der Waals surface area contributed by atoms with Crippen molar-refractivity contribution in [2.24, 2.45) is 0 Å². The molecule has 2 aromatic carbocycles. The molecule has 1 aliphatic rings. The van der Waals surface area contributed by atoms with Crippen LogP contribution < -0.4 is 5.32 Å². The minimum absolute atomic E-state index is 0.0815. The lowest BCUT2D eigenvalue weighted by Crippen LogP contribution is -2.40. The molecule has 12 nitrogen and oxygen atoms in total. The first-order chi connectivity index (χ1) is 16.3. The highest BCUT2D eigenvalue weighted by Gasteiger charge is 2.26. The number of hydrogen-bond donors (Lipinski definition) is 1. The lowest BCUT2D eigenvalue weighted by atomic mass is 10.2. The van der Waals surface area contributed by atoms with E-state index in [-0.39, 0.29) is 22.8 Å². The molecule has 178 valence electrons. The first-order valence-corrected chi connectivity index (χ1v) is 11.8. The van der Waals surface area contributed by atoms with Crippen LogP contribution in [0.2, 0.25) is 0 Å². The maximum atomic E-state index is 12.7. The predicted molar refractivity (Wildman–Crippen MR) is 120 cm³/mol. The van der Waals surface area contributed by atoms with E-state index in [0.717, 1.165) is 0 Å². The fourth-order valence-corrected chi connectivity index (χ4v) is 4.91. The topological polar surface area (TPSA) is 150 Å². The number of non-ortho nitro benzene ring substituents is 1. The molecule has 0 atom stereocenters. The van der Waals surface area contributed by atoms with Gasteiger partial charge in [0.15, 0.2) is 5.69 Å². The summed E-state index contributed by atoms with van der Waals surface area (Å²) < 4.78 is 33.4. The lowest BCUT2D eigenvalue weighted by molar-refractivity contribution is -0.384. The zero-order chi connectivity index (χ0) is 24.3. The molecule has 2 heterocycles. The van der Waals surface area contributed by atoms with Crippen molar-refractivity contribution in [1.29, 1.82) is 0 Å². The Balaban J connectivity index is 1.42. The second kappa shape index (κ2) is 9.67. The van der Waals surface area contributed by atoms with Crippen LogP contribution in [0.3, 0.4) is 0 Å². The van der Waals surface area contributed by atoms with Gasteiger partial charge in [-0.25, -0.2) is 13.1 Å². The number of aromatic nitrogens is 3. The van der Waals surface area contributed by atoms with Gasteiger partial charge in [-0.05, 0) is 30.7 Å². The van der Waals surface area contributed by atoms with Crippen LogP contribution in [0.25, 0.3) is 5.69 Å². The number of amides is 1. The van der Waals surface area contributed by atoms with Gasteiger partial charge in [0.2, 0.25) is 10.0 Å². The monoisotopic (exact) mass is 486 g/mol. The smallest absolute Gasteiger partial charge is 0.274 e.